The van der Waals surface area contributed by atoms with Gasteiger partial charge in [-0.15, -0.1) is 10.2 Å². The first kappa shape index (κ1) is 21.0. The van der Waals surface area contributed by atoms with Crippen LogP contribution in [0.1, 0.15) is 5.56 Å². The highest BCUT2D eigenvalue weighted by Gasteiger charge is 2.46. The van der Waals surface area contributed by atoms with Gasteiger partial charge in [0.05, 0.1) is 20.7 Å². The summed E-state index contributed by atoms with van der Waals surface area (Å²) in [5.41, 5.74) is -0.295. The van der Waals surface area contributed by atoms with Gasteiger partial charge in [0, 0.05) is 28.1 Å². The van der Waals surface area contributed by atoms with Crippen molar-refractivity contribution >= 4 is 22.7 Å². The Morgan fingerprint density at radius 2 is 2.06 bits per heavy atom. The lowest BCUT2D eigenvalue weighted by molar-refractivity contribution is -0.122. The topological polar surface area (TPSA) is 136 Å². The van der Waals surface area contributed by atoms with Crippen molar-refractivity contribution in [2.45, 2.75) is 12.1 Å². The molecule has 1 aliphatic heterocycles. The van der Waals surface area contributed by atoms with Crippen LogP contribution in [0.3, 0.4) is 0 Å². The van der Waals surface area contributed by atoms with E-state index in [-0.39, 0.29) is 12.4 Å². The minimum Gasteiger partial charge on any atom is -0.497 e. The van der Waals surface area contributed by atoms with Crippen LogP contribution >= 0.6 is 0 Å². The number of aromatic hydroxyl groups is 1. The van der Waals surface area contributed by atoms with Gasteiger partial charge in [-0.25, -0.2) is 4.79 Å². The Morgan fingerprint density at radius 3 is 2.76 bits per heavy atom. The van der Waals surface area contributed by atoms with Crippen molar-refractivity contribution in [1.29, 1.82) is 0 Å². The molecule has 1 atom stereocenters. The van der Waals surface area contributed by atoms with E-state index in [1.165, 1.54) is 16.5 Å². The fourth-order valence-electron chi connectivity index (χ4n) is 3.77. The van der Waals surface area contributed by atoms with Crippen molar-refractivity contribution in [2.24, 2.45) is 7.05 Å². The number of benzene rings is 2. The Morgan fingerprint density at radius 1 is 1.21 bits per heavy atom. The Kier molecular flexibility index (Phi) is 4.90. The van der Waals surface area contributed by atoms with E-state index in [1.54, 1.807) is 49.6 Å². The van der Waals surface area contributed by atoms with Crippen LogP contribution < -0.4 is 15.4 Å². The molecular formula is C23H19N7O4. The molecule has 0 spiro atoms. The summed E-state index contributed by atoms with van der Waals surface area (Å²) in [6.45, 7) is -0.105. The molecular weight excluding hydrogens is 438 g/mol. The first-order valence-electron chi connectivity index (χ1n) is 10.2. The van der Waals surface area contributed by atoms with Crippen LogP contribution in [0.25, 0.3) is 22.2 Å². The second-order valence-electron chi connectivity index (χ2n) is 7.78. The summed E-state index contributed by atoms with van der Waals surface area (Å²) in [5, 5.41) is 28.9. The number of hydrogen-bond donors (Lipinski definition) is 3. The SMILES string of the molecule is COc1ccc2cn(C[C@@]3(C#Cc4cccc(-c5nnn(C)n5)c4)NC(=O)NC3=O)c(O)c2c1. The fraction of sp³-hybridized carbons (Fsp3) is 0.174. The Hall–Kier alpha value is -4.85. The molecule has 0 saturated carbocycles. The molecule has 3 N–H and O–H groups in total. The highest BCUT2D eigenvalue weighted by atomic mass is 16.5. The van der Waals surface area contributed by atoms with Crippen LogP contribution in [0, 0.1) is 11.8 Å². The molecule has 170 valence electrons. The lowest BCUT2D eigenvalue weighted by Crippen LogP contribution is -2.49. The van der Waals surface area contributed by atoms with Gasteiger partial charge in [0.25, 0.3) is 5.91 Å². The number of hydrogen-bond acceptors (Lipinski definition) is 7. The molecule has 1 aliphatic rings. The minimum absolute atomic E-state index is 0.0697. The highest BCUT2D eigenvalue weighted by molar-refractivity contribution is 6.09. The van der Waals surface area contributed by atoms with Gasteiger partial charge in [-0.2, -0.15) is 4.80 Å². The van der Waals surface area contributed by atoms with E-state index < -0.39 is 17.5 Å². The van der Waals surface area contributed by atoms with Crippen molar-refractivity contribution in [3.05, 3.63) is 54.2 Å². The summed E-state index contributed by atoms with van der Waals surface area (Å²) < 4.78 is 6.70. The summed E-state index contributed by atoms with van der Waals surface area (Å²) in [7, 11) is 3.20. The minimum atomic E-state index is -1.59. The molecule has 4 aromatic rings. The molecule has 34 heavy (non-hydrogen) atoms. The number of carbonyl (C=O) groups is 2. The van der Waals surface area contributed by atoms with Gasteiger partial charge in [0.2, 0.25) is 11.4 Å². The molecule has 2 aromatic carbocycles. The predicted molar refractivity (Wildman–Crippen MR) is 121 cm³/mol. The number of methoxy groups -OCH3 is 1. The largest absolute Gasteiger partial charge is 0.497 e. The molecule has 11 heteroatoms. The van der Waals surface area contributed by atoms with Crippen molar-refractivity contribution in [3.8, 4) is 34.9 Å². The number of nitrogens with one attached hydrogen (secondary N) is 2. The number of rotatable bonds is 4. The molecule has 0 unspecified atom stereocenters. The first-order valence-corrected chi connectivity index (χ1v) is 10.2. The van der Waals surface area contributed by atoms with Gasteiger partial charge in [-0.3, -0.25) is 10.1 Å². The van der Waals surface area contributed by atoms with Crippen molar-refractivity contribution < 1.29 is 19.4 Å². The fourth-order valence-corrected chi connectivity index (χ4v) is 3.77. The van der Waals surface area contributed by atoms with Crippen LogP contribution in [0.15, 0.2) is 48.7 Å². The molecule has 0 radical (unpaired) electrons. The number of ether oxygens (including phenoxy) is 1. The average Bonchev–Trinajstić information content (AvgIpc) is 3.48. The number of aromatic nitrogens is 5. The quantitative estimate of drug-likeness (QED) is 0.309. The third-order valence-corrected chi connectivity index (χ3v) is 5.47. The number of fused-ring (bicyclic) bond motifs is 1. The number of amides is 3. The molecule has 0 aliphatic carbocycles. The molecule has 2 aromatic heterocycles. The Balaban J connectivity index is 1.52. The summed E-state index contributed by atoms with van der Waals surface area (Å²) in [6, 6.07) is 11.7. The summed E-state index contributed by atoms with van der Waals surface area (Å²) >= 11 is 0. The molecule has 3 heterocycles. The van der Waals surface area contributed by atoms with Crippen LogP contribution in [0.2, 0.25) is 0 Å². The second-order valence-corrected chi connectivity index (χ2v) is 7.78. The van der Waals surface area contributed by atoms with E-state index in [4.69, 9.17) is 4.74 Å². The summed E-state index contributed by atoms with van der Waals surface area (Å²) in [4.78, 5) is 26.2. The van der Waals surface area contributed by atoms with E-state index in [0.29, 0.717) is 28.1 Å². The molecule has 11 nitrogen and oxygen atoms in total. The lowest BCUT2D eigenvalue weighted by atomic mass is 9.99. The molecule has 1 fully saturated rings. The molecule has 0 bridgehead atoms. The number of urea groups is 1. The predicted octanol–water partition coefficient (Wildman–Crippen LogP) is 1.18. The van der Waals surface area contributed by atoms with E-state index in [0.717, 1.165) is 5.39 Å². The van der Waals surface area contributed by atoms with Crippen molar-refractivity contribution in [3.63, 3.8) is 0 Å². The summed E-state index contributed by atoms with van der Waals surface area (Å²) in [6.07, 6.45) is 1.69. The zero-order valence-electron chi connectivity index (χ0n) is 18.2. The smallest absolute Gasteiger partial charge is 0.323 e. The third-order valence-electron chi connectivity index (χ3n) is 5.47. The van der Waals surface area contributed by atoms with Gasteiger partial charge in [-0.05, 0) is 35.5 Å². The van der Waals surface area contributed by atoms with Gasteiger partial charge in [0.15, 0.2) is 5.88 Å². The van der Waals surface area contributed by atoms with Gasteiger partial charge >= 0.3 is 6.03 Å². The maximum atomic E-state index is 12.8. The van der Waals surface area contributed by atoms with Crippen molar-refractivity contribution in [2.75, 3.05) is 7.11 Å². The van der Waals surface area contributed by atoms with Gasteiger partial charge in [0.1, 0.15) is 5.75 Å². The number of aryl methyl sites for hydroxylation is 1. The zero-order valence-corrected chi connectivity index (χ0v) is 18.2. The highest BCUT2D eigenvalue weighted by Crippen LogP contribution is 2.32. The number of nitrogens with zero attached hydrogens (tertiary/aromatic N) is 5. The maximum Gasteiger partial charge on any atom is 0.323 e. The Labute approximate surface area is 193 Å². The lowest BCUT2D eigenvalue weighted by Gasteiger charge is -2.20. The standard InChI is InChI=1S/C23H19N7O4/c1-29-27-19(26-28-29)15-5-3-4-14(10-15)8-9-23(21(32)24-22(33)25-23)13-30-12-16-6-7-17(34-2)11-18(16)20(30)31/h3-7,10-12,31H,13H2,1-2H3,(H2,24,25,32,33)/t23-/m1/s1. The molecule has 1 saturated heterocycles. The number of imide groups is 1. The van der Waals surface area contributed by atoms with Crippen LogP contribution in [0.4, 0.5) is 4.79 Å². The second kappa shape index (κ2) is 7.93. The average molecular weight is 457 g/mol. The van der Waals surface area contributed by atoms with Gasteiger partial charge in [-0.1, -0.05) is 24.0 Å². The van der Waals surface area contributed by atoms with Crippen LogP contribution in [0.5, 0.6) is 11.6 Å². The van der Waals surface area contributed by atoms with Crippen LogP contribution in [-0.2, 0) is 18.4 Å². The third kappa shape index (κ3) is 3.67. The Bertz CT molecular complexity index is 1510. The molecule has 5 rings (SSSR count). The molecule has 3 amide bonds. The summed E-state index contributed by atoms with van der Waals surface area (Å²) in [5.74, 6) is 6.21. The number of tetrazole rings is 1. The zero-order chi connectivity index (χ0) is 23.9. The maximum absolute atomic E-state index is 12.8. The van der Waals surface area contributed by atoms with E-state index in [1.807, 2.05) is 6.07 Å². The van der Waals surface area contributed by atoms with E-state index >= 15 is 0 Å². The van der Waals surface area contributed by atoms with Crippen molar-refractivity contribution in [1.82, 2.24) is 35.4 Å². The van der Waals surface area contributed by atoms with E-state index in [2.05, 4.69) is 37.9 Å². The van der Waals surface area contributed by atoms with Gasteiger partial charge < -0.3 is 19.7 Å². The normalized spacial score (nSPS) is 17.2. The van der Waals surface area contributed by atoms with E-state index in [9.17, 15) is 14.7 Å². The first-order chi connectivity index (χ1) is 16.4. The number of carbonyl (C=O) groups excluding carboxylic acids is 2. The van der Waals surface area contributed by atoms with Crippen LogP contribution in [-0.4, -0.2) is 54.5 Å². The monoisotopic (exact) mass is 457 g/mol.